The molecule has 7 nitrogen and oxygen atoms in total. The van der Waals surface area contributed by atoms with Crippen LogP contribution < -0.4 is 10.2 Å². The molecule has 1 saturated heterocycles. The number of pyridine rings is 1. The van der Waals surface area contributed by atoms with Gasteiger partial charge in [-0.05, 0) is 24.6 Å². The zero-order valence-electron chi connectivity index (χ0n) is 15.3. The summed E-state index contributed by atoms with van der Waals surface area (Å²) < 4.78 is 0. The fourth-order valence-corrected chi connectivity index (χ4v) is 4.15. The summed E-state index contributed by atoms with van der Waals surface area (Å²) in [6, 6.07) is 8.01. The van der Waals surface area contributed by atoms with Crippen LogP contribution in [0.5, 0.6) is 0 Å². The van der Waals surface area contributed by atoms with Crippen molar-refractivity contribution in [3.8, 4) is 0 Å². The third-order valence-corrected chi connectivity index (χ3v) is 5.93. The average Bonchev–Trinajstić information content (AvgIpc) is 3.17. The number of thiophene rings is 1. The maximum Gasteiger partial charge on any atom is 0.242 e. The Morgan fingerprint density at radius 2 is 2.04 bits per heavy atom. The molecule has 1 amide bonds. The Morgan fingerprint density at radius 1 is 1.19 bits per heavy atom. The molecule has 0 bridgehead atoms. The maximum absolute atomic E-state index is 12.6. The van der Waals surface area contributed by atoms with Gasteiger partial charge < -0.3 is 15.1 Å². The van der Waals surface area contributed by atoms with Crippen molar-refractivity contribution >= 4 is 39.1 Å². The Kier molecular flexibility index (Phi) is 5.15. The minimum absolute atomic E-state index is 0.0911. The standard InChI is InChI=1S/C19H22N6OS/c1-2-14-11-15-18(22-13-23-19(15)27-14)21-12-17(26)25-9-7-24(8-10-25)16-5-3-4-6-20-16/h3-6,11,13H,2,7-10,12H2,1H3,(H,21,22,23). The second-order valence-corrected chi connectivity index (χ2v) is 7.53. The maximum atomic E-state index is 12.6. The molecular formula is C19H22N6OS. The van der Waals surface area contributed by atoms with Crippen LogP contribution in [0.2, 0.25) is 0 Å². The molecule has 1 aliphatic rings. The molecule has 0 saturated carbocycles. The number of aryl methyl sites for hydroxylation is 1. The summed E-state index contributed by atoms with van der Waals surface area (Å²) in [6.45, 7) is 5.37. The number of hydrogen-bond acceptors (Lipinski definition) is 7. The lowest BCUT2D eigenvalue weighted by atomic mass is 10.3. The average molecular weight is 382 g/mol. The molecule has 0 spiro atoms. The van der Waals surface area contributed by atoms with Crippen molar-refractivity contribution in [3.63, 3.8) is 0 Å². The van der Waals surface area contributed by atoms with E-state index in [-0.39, 0.29) is 12.5 Å². The first-order valence-electron chi connectivity index (χ1n) is 9.15. The highest BCUT2D eigenvalue weighted by molar-refractivity contribution is 7.18. The minimum atomic E-state index is 0.0911. The molecule has 4 heterocycles. The number of anilines is 2. The first-order chi connectivity index (χ1) is 13.2. The molecule has 3 aromatic heterocycles. The molecule has 3 aromatic rings. The Balaban J connectivity index is 1.35. The quantitative estimate of drug-likeness (QED) is 0.730. The molecule has 0 aliphatic carbocycles. The number of piperazine rings is 1. The van der Waals surface area contributed by atoms with Crippen molar-refractivity contribution < 1.29 is 4.79 Å². The SMILES string of the molecule is CCc1cc2c(NCC(=O)N3CCN(c4ccccn4)CC3)ncnc2s1. The molecule has 8 heteroatoms. The summed E-state index contributed by atoms with van der Waals surface area (Å²) in [5.41, 5.74) is 0. The van der Waals surface area contributed by atoms with Crippen LogP contribution in [0.1, 0.15) is 11.8 Å². The zero-order chi connectivity index (χ0) is 18.6. The van der Waals surface area contributed by atoms with Crippen LogP contribution in [0, 0.1) is 0 Å². The van der Waals surface area contributed by atoms with E-state index in [2.05, 4.69) is 38.2 Å². The van der Waals surface area contributed by atoms with Gasteiger partial charge in [0.05, 0.1) is 11.9 Å². The van der Waals surface area contributed by atoms with Crippen LogP contribution in [0.25, 0.3) is 10.2 Å². The summed E-state index contributed by atoms with van der Waals surface area (Å²) in [4.78, 5) is 32.0. The fourth-order valence-electron chi connectivity index (χ4n) is 3.22. The van der Waals surface area contributed by atoms with E-state index in [1.165, 1.54) is 4.88 Å². The Bertz CT molecular complexity index is 920. The summed E-state index contributed by atoms with van der Waals surface area (Å²) >= 11 is 1.67. The number of rotatable bonds is 5. The van der Waals surface area contributed by atoms with Gasteiger partial charge >= 0.3 is 0 Å². The lowest BCUT2D eigenvalue weighted by molar-refractivity contribution is -0.129. The number of carbonyl (C=O) groups is 1. The van der Waals surface area contributed by atoms with Gasteiger partial charge in [-0.3, -0.25) is 4.79 Å². The predicted molar refractivity (Wildman–Crippen MR) is 108 cm³/mol. The number of nitrogens with zero attached hydrogens (tertiary/aromatic N) is 5. The van der Waals surface area contributed by atoms with Crippen LogP contribution in [-0.2, 0) is 11.2 Å². The lowest BCUT2D eigenvalue weighted by Gasteiger charge is -2.35. The van der Waals surface area contributed by atoms with Crippen molar-refractivity contribution in [2.24, 2.45) is 0 Å². The summed E-state index contributed by atoms with van der Waals surface area (Å²) in [5.74, 6) is 1.79. The molecular weight excluding hydrogens is 360 g/mol. The van der Waals surface area contributed by atoms with E-state index in [4.69, 9.17) is 0 Å². The van der Waals surface area contributed by atoms with Gasteiger partial charge in [0, 0.05) is 37.3 Å². The molecule has 1 fully saturated rings. The van der Waals surface area contributed by atoms with Crippen LogP contribution in [0.4, 0.5) is 11.6 Å². The van der Waals surface area contributed by atoms with Gasteiger partial charge in [0.15, 0.2) is 0 Å². The molecule has 140 valence electrons. The van der Waals surface area contributed by atoms with Crippen molar-refractivity contribution in [1.82, 2.24) is 19.9 Å². The molecule has 0 atom stereocenters. The number of aromatic nitrogens is 3. The third-order valence-electron chi connectivity index (χ3n) is 4.74. The molecule has 1 aliphatic heterocycles. The largest absolute Gasteiger partial charge is 0.360 e. The fraction of sp³-hybridized carbons (Fsp3) is 0.368. The monoisotopic (exact) mass is 382 g/mol. The minimum Gasteiger partial charge on any atom is -0.360 e. The van der Waals surface area contributed by atoms with Gasteiger partial charge in [0.25, 0.3) is 0 Å². The summed E-state index contributed by atoms with van der Waals surface area (Å²) in [6.07, 6.45) is 4.32. The predicted octanol–water partition coefficient (Wildman–Crippen LogP) is 2.41. The Morgan fingerprint density at radius 3 is 2.78 bits per heavy atom. The van der Waals surface area contributed by atoms with Crippen molar-refractivity contribution in [2.45, 2.75) is 13.3 Å². The lowest BCUT2D eigenvalue weighted by Crippen LogP contribution is -2.50. The number of fused-ring (bicyclic) bond motifs is 1. The number of amides is 1. The van der Waals surface area contributed by atoms with Crippen molar-refractivity contribution in [2.75, 3.05) is 42.9 Å². The summed E-state index contributed by atoms with van der Waals surface area (Å²) in [5, 5.41) is 4.20. The Labute approximate surface area is 162 Å². The first kappa shape index (κ1) is 17.7. The highest BCUT2D eigenvalue weighted by Crippen LogP contribution is 2.28. The van der Waals surface area contributed by atoms with Crippen molar-refractivity contribution in [1.29, 1.82) is 0 Å². The molecule has 1 N–H and O–H groups in total. The van der Waals surface area contributed by atoms with Crippen LogP contribution in [0.3, 0.4) is 0 Å². The van der Waals surface area contributed by atoms with Crippen LogP contribution >= 0.6 is 11.3 Å². The molecule has 0 unspecified atom stereocenters. The van der Waals surface area contributed by atoms with Gasteiger partial charge in [0.1, 0.15) is 22.8 Å². The van der Waals surface area contributed by atoms with E-state index in [0.29, 0.717) is 13.1 Å². The highest BCUT2D eigenvalue weighted by Gasteiger charge is 2.21. The normalized spacial score (nSPS) is 14.6. The topological polar surface area (TPSA) is 74.2 Å². The van der Waals surface area contributed by atoms with E-state index in [1.54, 1.807) is 23.9 Å². The second-order valence-electron chi connectivity index (χ2n) is 6.42. The second kappa shape index (κ2) is 7.87. The Hall–Kier alpha value is -2.74. The van der Waals surface area contributed by atoms with Crippen LogP contribution in [-0.4, -0.2) is 58.5 Å². The van der Waals surface area contributed by atoms with E-state index in [1.807, 2.05) is 23.1 Å². The van der Waals surface area contributed by atoms with Gasteiger partial charge in [-0.15, -0.1) is 11.3 Å². The van der Waals surface area contributed by atoms with E-state index in [0.717, 1.165) is 41.4 Å². The van der Waals surface area contributed by atoms with E-state index in [9.17, 15) is 4.79 Å². The molecule has 4 rings (SSSR count). The number of carbonyl (C=O) groups excluding carboxylic acids is 1. The number of hydrogen-bond donors (Lipinski definition) is 1. The smallest absolute Gasteiger partial charge is 0.242 e. The summed E-state index contributed by atoms with van der Waals surface area (Å²) in [7, 11) is 0. The zero-order valence-corrected chi connectivity index (χ0v) is 16.1. The van der Waals surface area contributed by atoms with Crippen molar-refractivity contribution in [3.05, 3.63) is 41.7 Å². The first-order valence-corrected chi connectivity index (χ1v) is 9.97. The van der Waals surface area contributed by atoms with Gasteiger partial charge in [0.2, 0.25) is 5.91 Å². The molecule has 0 aromatic carbocycles. The van der Waals surface area contributed by atoms with Crippen LogP contribution in [0.15, 0.2) is 36.8 Å². The molecule has 27 heavy (non-hydrogen) atoms. The highest BCUT2D eigenvalue weighted by atomic mass is 32.1. The molecule has 0 radical (unpaired) electrons. The van der Waals surface area contributed by atoms with E-state index >= 15 is 0 Å². The van der Waals surface area contributed by atoms with Gasteiger partial charge in [-0.2, -0.15) is 0 Å². The van der Waals surface area contributed by atoms with Gasteiger partial charge in [-0.1, -0.05) is 13.0 Å². The number of nitrogens with one attached hydrogen (secondary N) is 1. The van der Waals surface area contributed by atoms with Gasteiger partial charge in [-0.25, -0.2) is 15.0 Å². The van der Waals surface area contributed by atoms with E-state index < -0.39 is 0 Å². The third kappa shape index (κ3) is 3.85.